The molecule has 4 atom stereocenters. The van der Waals surface area contributed by atoms with E-state index < -0.39 is 5.60 Å². The fraction of sp³-hybridized carbons (Fsp3) is 0.478. The molecule has 2 fully saturated rings. The highest BCUT2D eigenvalue weighted by Gasteiger charge is 2.70. The summed E-state index contributed by atoms with van der Waals surface area (Å²) in [6, 6.07) is 14.5. The van der Waals surface area contributed by atoms with E-state index in [2.05, 4.69) is 41.3 Å². The molecule has 2 N–H and O–H groups in total. The average molecular weight is 363 g/mol. The van der Waals surface area contributed by atoms with Gasteiger partial charge in [-0.1, -0.05) is 36.4 Å². The summed E-state index contributed by atoms with van der Waals surface area (Å²) in [7, 11) is 0. The van der Waals surface area contributed by atoms with Crippen molar-refractivity contribution in [3.63, 3.8) is 0 Å². The molecule has 2 aromatic carbocycles. The van der Waals surface area contributed by atoms with Crippen LogP contribution in [0.15, 0.2) is 42.5 Å². The summed E-state index contributed by atoms with van der Waals surface area (Å²) in [6.45, 7) is 1.83. The third kappa shape index (κ3) is 1.85. The van der Waals surface area contributed by atoms with E-state index in [9.17, 15) is 10.2 Å². The highest BCUT2D eigenvalue weighted by Crippen LogP contribution is 2.65. The molecule has 4 nitrogen and oxygen atoms in total. The summed E-state index contributed by atoms with van der Waals surface area (Å²) in [5.74, 6) is 0.873. The maximum atomic E-state index is 12.1. The van der Waals surface area contributed by atoms with Gasteiger partial charge in [0.1, 0.15) is 6.10 Å². The standard InChI is InChI=1S/C23H25NO3/c25-17-9-8-16-13-18-23(26)10-4-7-19-22(23,20(16)21(17)27-19)11-12-24(18)14-15-5-2-1-3-6-15/h1-3,5-6,8-9,18-19,25-26H,4,7,10-14H2/t18-,19+,22-,23-/m1/s1. The van der Waals surface area contributed by atoms with E-state index in [0.717, 1.165) is 50.8 Å². The Kier molecular flexibility index (Phi) is 3.12. The molecule has 140 valence electrons. The molecule has 2 bridgehead atoms. The fourth-order valence-corrected chi connectivity index (χ4v) is 6.63. The second-order valence-corrected chi connectivity index (χ2v) is 8.77. The van der Waals surface area contributed by atoms with Crippen LogP contribution in [0, 0.1) is 0 Å². The highest BCUT2D eigenvalue weighted by molar-refractivity contribution is 5.62. The van der Waals surface area contributed by atoms with Gasteiger partial charge in [0.25, 0.3) is 0 Å². The number of nitrogens with zero attached hydrogens (tertiary/aromatic N) is 1. The molecule has 2 heterocycles. The molecule has 2 aliphatic heterocycles. The fourth-order valence-electron chi connectivity index (χ4n) is 6.63. The predicted molar refractivity (Wildman–Crippen MR) is 102 cm³/mol. The first kappa shape index (κ1) is 16.0. The zero-order valence-electron chi connectivity index (χ0n) is 15.4. The van der Waals surface area contributed by atoms with E-state index in [4.69, 9.17) is 4.74 Å². The number of benzene rings is 2. The van der Waals surface area contributed by atoms with Crippen LogP contribution in [0.5, 0.6) is 11.5 Å². The van der Waals surface area contributed by atoms with Crippen molar-refractivity contribution in [1.29, 1.82) is 0 Å². The van der Waals surface area contributed by atoms with Gasteiger partial charge in [0.15, 0.2) is 11.5 Å². The Morgan fingerprint density at radius 2 is 1.96 bits per heavy atom. The van der Waals surface area contributed by atoms with Gasteiger partial charge in [-0.15, -0.1) is 0 Å². The second kappa shape index (κ2) is 5.27. The second-order valence-electron chi connectivity index (χ2n) is 8.77. The molecule has 0 radical (unpaired) electrons. The van der Waals surface area contributed by atoms with E-state index >= 15 is 0 Å². The Morgan fingerprint density at radius 1 is 1.11 bits per heavy atom. The summed E-state index contributed by atoms with van der Waals surface area (Å²) in [6.07, 6.45) is 4.45. The van der Waals surface area contributed by atoms with Crippen LogP contribution in [0.4, 0.5) is 0 Å². The molecule has 4 heteroatoms. The smallest absolute Gasteiger partial charge is 0.165 e. The van der Waals surface area contributed by atoms with Crippen molar-refractivity contribution in [2.24, 2.45) is 0 Å². The highest BCUT2D eigenvalue weighted by atomic mass is 16.5. The number of hydrogen-bond donors (Lipinski definition) is 2. The average Bonchev–Trinajstić information content (AvgIpc) is 3.01. The lowest BCUT2D eigenvalue weighted by atomic mass is 9.49. The molecule has 0 unspecified atom stereocenters. The van der Waals surface area contributed by atoms with Crippen LogP contribution in [0.2, 0.25) is 0 Å². The first-order chi connectivity index (χ1) is 13.1. The minimum Gasteiger partial charge on any atom is -0.504 e. The Hall–Kier alpha value is -2.04. The largest absolute Gasteiger partial charge is 0.504 e. The lowest BCUT2D eigenvalue weighted by molar-refractivity contribution is -0.186. The number of ether oxygens (including phenoxy) is 1. The first-order valence-corrected chi connectivity index (χ1v) is 10.2. The molecule has 4 aliphatic rings. The molecule has 0 aromatic heterocycles. The Bertz CT molecular complexity index is 913. The van der Waals surface area contributed by atoms with Crippen LogP contribution in [0.25, 0.3) is 0 Å². The molecule has 2 aromatic rings. The summed E-state index contributed by atoms with van der Waals surface area (Å²) in [5, 5.41) is 22.6. The lowest BCUT2D eigenvalue weighted by Crippen LogP contribution is -2.74. The quantitative estimate of drug-likeness (QED) is 0.861. The number of phenolic OH excluding ortho intramolecular Hbond substituents is 1. The molecule has 1 saturated heterocycles. The van der Waals surface area contributed by atoms with Gasteiger partial charge < -0.3 is 14.9 Å². The van der Waals surface area contributed by atoms with Gasteiger partial charge in [-0.05, 0) is 49.3 Å². The number of phenols is 1. The SMILES string of the molecule is Oc1ccc2c3c1O[C@H]1CCC[C@@]4(O)[C@@H](C2)N(Cc2ccccc2)CC[C@]314. The molecular weight excluding hydrogens is 338 g/mol. The summed E-state index contributed by atoms with van der Waals surface area (Å²) in [5.41, 5.74) is 2.52. The van der Waals surface area contributed by atoms with Crippen LogP contribution < -0.4 is 4.74 Å². The Balaban J connectivity index is 1.50. The van der Waals surface area contributed by atoms with Crippen LogP contribution in [0.3, 0.4) is 0 Å². The molecule has 1 saturated carbocycles. The van der Waals surface area contributed by atoms with Crippen molar-refractivity contribution in [3.8, 4) is 11.5 Å². The lowest BCUT2D eigenvalue weighted by Gasteiger charge is -2.63. The van der Waals surface area contributed by atoms with Crippen molar-refractivity contribution in [3.05, 3.63) is 59.2 Å². The number of likely N-dealkylation sites (tertiary alicyclic amines) is 1. The van der Waals surface area contributed by atoms with Crippen molar-refractivity contribution in [2.75, 3.05) is 6.54 Å². The van der Waals surface area contributed by atoms with Crippen molar-refractivity contribution >= 4 is 0 Å². The van der Waals surface area contributed by atoms with Crippen molar-refractivity contribution < 1.29 is 14.9 Å². The maximum Gasteiger partial charge on any atom is 0.165 e. The monoisotopic (exact) mass is 363 g/mol. The minimum absolute atomic E-state index is 0.0139. The Morgan fingerprint density at radius 3 is 2.81 bits per heavy atom. The predicted octanol–water partition coefficient (Wildman–Crippen LogP) is 3.14. The van der Waals surface area contributed by atoms with Crippen LogP contribution in [-0.4, -0.2) is 39.4 Å². The van der Waals surface area contributed by atoms with Gasteiger partial charge in [0.05, 0.1) is 11.0 Å². The third-order valence-electron chi connectivity index (χ3n) is 7.70. The molecule has 1 spiro atoms. The van der Waals surface area contributed by atoms with Crippen LogP contribution >= 0.6 is 0 Å². The van der Waals surface area contributed by atoms with E-state index in [1.165, 1.54) is 11.1 Å². The van der Waals surface area contributed by atoms with E-state index in [-0.39, 0.29) is 23.3 Å². The van der Waals surface area contributed by atoms with Crippen LogP contribution in [-0.2, 0) is 18.4 Å². The minimum atomic E-state index is -0.783. The maximum absolute atomic E-state index is 12.1. The molecule has 6 rings (SSSR count). The molecule has 0 amide bonds. The number of aliphatic hydroxyl groups is 1. The molecule has 27 heavy (non-hydrogen) atoms. The van der Waals surface area contributed by atoms with Gasteiger partial charge >= 0.3 is 0 Å². The first-order valence-electron chi connectivity index (χ1n) is 10.2. The van der Waals surface area contributed by atoms with Crippen molar-refractivity contribution in [2.45, 2.75) is 61.8 Å². The summed E-state index contributed by atoms with van der Waals surface area (Å²) in [4.78, 5) is 2.48. The molecule has 2 aliphatic carbocycles. The number of rotatable bonds is 2. The van der Waals surface area contributed by atoms with Gasteiger partial charge in [-0.25, -0.2) is 0 Å². The zero-order chi connectivity index (χ0) is 18.2. The number of piperidine rings is 1. The summed E-state index contributed by atoms with van der Waals surface area (Å²) >= 11 is 0. The van der Waals surface area contributed by atoms with Crippen molar-refractivity contribution in [1.82, 2.24) is 4.90 Å². The number of aromatic hydroxyl groups is 1. The zero-order valence-corrected chi connectivity index (χ0v) is 15.4. The number of hydrogen-bond acceptors (Lipinski definition) is 4. The van der Waals surface area contributed by atoms with Gasteiger partial charge in [0, 0.05) is 24.7 Å². The molecular formula is C23H25NO3. The normalized spacial score (nSPS) is 36.2. The van der Waals surface area contributed by atoms with Crippen LogP contribution in [0.1, 0.15) is 42.4 Å². The van der Waals surface area contributed by atoms with E-state index in [0.29, 0.717) is 5.75 Å². The Labute approximate surface area is 159 Å². The van der Waals surface area contributed by atoms with E-state index in [1.807, 2.05) is 0 Å². The van der Waals surface area contributed by atoms with E-state index in [1.54, 1.807) is 6.07 Å². The van der Waals surface area contributed by atoms with Gasteiger partial charge in [0.2, 0.25) is 0 Å². The topological polar surface area (TPSA) is 52.9 Å². The summed E-state index contributed by atoms with van der Waals surface area (Å²) < 4.78 is 6.30. The third-order valence-corrected chi connectivity index (χ3v) is 7.70. The van der Waals surface area contributed by atoms with Gasteiger partial charge in [-0.3, -0.25) is 4.90 Å². The van der Waals surface area contributed by atoms with Gasteiger partial charge in [-0.2, -0.15) is 0 Å².